The molecule has 0 aliphatic carbocycles. The maximum Gasteiger partial charge on any atom is 0.139 e. The fraction of sp³-hybridized carbons (Fsp3) is 0.462. The second-order valence-corrected chi connectivity index (χ2v) is 3.79. The normalized spacial score (nSPS) is 12.3. The summed E-state index contributed by atoms with van der Waals surface area (Å²) in [7, 11) is 1.64. The van der Waals surface area contributed by atoms with Crippen LogP contribution >= 0.6 is 0 Å². The number of ketones is 1. The fourth-order valence-corrected chi connectivity index (χ4v) is 1.67. The van der Waals surface area contributed by atoms with E-state index in [0.717, 1.165) is 16.9 Å². The summed E-state index contributed by atoms with van der Waals surface area (Å²) in [5.74, 6) is 0.971. The number of Topliss-reactive ketones (excluding diaryl/α,β-unsaturated/α-hetero) is 1. The highest BCUT2D eigenvalue weighted by Crippen LogP contribution is 2.28. The van der Waals surface area contributed by atoms with Crippen molar-refractivity contribution in [2.45, 2.75) is 33.1 Å². The Balaban J connectivity index is 3.10. The van der Waals surface area contributed by atoms with Gasteiger partial charge < -0.3 is 4.74 Å². The molecule has 0 bridgehead atoms. The molecule has 15 heavy (non-hydrogen) atoms. The van der Waals surface area contributed by atoms with Gasteiger partial charge in [-0.3, -0.25) is 4.79 Å². The van der Waals surface area contributed by atoms with Gasteiger partial charge >= 0.3 is 0 Å². The minimum atomic E-state index is -0.0788. The van der Waals surface area contributed by atoms with E-state index < -0.39 is 0 Å². The number of ether oxygens (including phenoxy) is 1. The highest BCUT2D eigenvalue weighted by Gasteiger charge is 2.17. The summed E-state index contributed by atoms with van der Waals surface area (Å²) in [5, 5.41) is 0. The third-order valence-electron chi connectivity index (χ3n) is 2.68. The molecule has 0 saturated carbocycles. The van der Waals surface area contributed by atoms with Crippen molar-refractivity contribution in [2.75, 3.05) is 7.11 Å². The first-order chi connectivity index (χ1) is 7.10. The zero-order valence-electron chi connectivity index (χ0n) is 9.83. The van der Waals surface area contributed by atoms with Crippen molar-refractivity contribution < 1.29 is 9.53 Å². The number of rotatable bonds is 4. The Morgan fingerprint density at radius 3 is 2.67 bits per heavy atom. The van der Waals surface area contributed by atoms with Crippen LogP contribution in [0.1, 0.15) is 37.3 Å². The molecule has 1 unspecified atom stereocenters. The fourth-order valence-electron chi connectivity index (χ4n) is 1.67. The third-order valence-corrected chi connectivity index (χ3v) is 2.68. The van der Waals surface area contributed by atoms with Gasteiger partial charge in [-0.15, -0.1) is 0 Å². The van der Waals surface area contributed by atoms with Crippen LogP contribution in [0.5, 0.6) is 5.75 Å². The van der Waals surface area contributed by atoms with Crippen LogP contribution in [0.3, 0.4) is 0 Å². The highest BCUT2D eigenvalue weighted by atomic mass is 16.5. The molecule has 0 aliphatic rings. The minimum Gasteiger partial charge on any atom is -0.496 e. The van der Waals surface area contributed by atoms with Gasteiger partial charge in [-0.1, -0.05) is 31.5 Å². The van der Waals surface area contributed by atoms with Crippen molar-refractivity contribution in [3.8, 4) is 5.75 Å². The van der Waals surface area contributed by atoms with Gasteiger partial charge in [0.1, 0.15) is 11.5 Å². The standard InChI is InChI=1S/C13H18O2/c1-5-12(14)10(3)11-8-9(2)6-7-13(11)15-4/h6-8,10H,5H2,1-4H3. The molecule has 1 aromatic rings. The van der Waals surface area contributed by atoms with Crippen LogP contribution in [0.4, 0.5) is 0 Å². The molecular formula is C13H18O2. The zero-order chi connectivity index (χ0) is 11.4. The SMILES string of the molecule is CCC(=O)C(C)c1cc(C)ccc1OC. The van der Waals surface area contributed by atoms with Crippen LogP contribution in [0.15, 0.2) is 18.2 Å². The first-order valence-corrected chi connectivity index (χ1v) is 5.27. The second kappa shape index (κ2) is 4.96. The van der Waals surface area contributed by atoms with E-state index >= 15 is 0 Å². The lowest BCUT2D eigenvalue weighted by atomic mass is 9.93. The lowest BCUT2D eigenvalue weighted by molar-refractivity contribution is -0.119. The molecule has 0 saturated heterocycles. The maximum absolute atomic E-state index is 11.6. The van der Waals surface area contributed by atoms with Gasteiger partial charge in [0.25, 0.3) is 0 Å². The van der Waals surface area contributed by atoms with E-state index in [1.807, 2.05) is 39.0 Å². The monoisotopic (exact) mass is 206 g/mol. The van der Waals surface area contributed by atoms with E-state index in [1.54, 1.807) is 7.11 Å². The van der Waals surface area contributed by atoms with Gasteiger partial charge in [0.2, 0.25) is 0 Å². The number of aryl methyl sites for hydroxylation is 1. The number of hydrogen-bond acceptors (Lipinski definition) is 2. The third kappa shape index (κ3) is 2.58. The summed E-state index contributed by atoms with van der Waals surface area (Å²) in [6.45, 7) is 5.84. The molecule has 0 spiro atoms. The van der Waals surface area contributed by atoms with E-state index in [2.05, 4.69) is 0 Å². The Hall–Kier alpha value is -1.31. The Kier molecular flexibility index (Phi) is 3.89. The van der Waals surface area contributed by atoms with Gasteiger partial charge in [-0.25, -0.2) is 0 Å². The second-order valence-electron chi connectivity index (χ2n) is 3.79. The van der Waals surface area contributed by atoms with Crippen LogP contribution in [0, 0.1) is 6.92 Å². The summed E-state index contributed by atoms with van der Waals surface area (Å²) in [4.78, 5) is 11.6. The van der Waals surface area contributed by atoms with E-state index in [4.69, 9.17) is 4.74 Å². The Bertz CT molecular complexity index is 356. The van der Waals surface area contributed by atoms with Crippen molar-refractivity contribution in [2.24, 2.45) is 0 Å². The summed E-state index contributed by atoms with van der Waals surface area (Å²) in [6.07, 6.45) is 0.568. The van der Waals surface area contributed by atoms with Gasteiger partial charge in [0.05, 0.1) is 7.11 Å². The Labute approximate surface area is 91.3 Å². The van der Waals surface area contributed by atoms with Crippen molar-refractivity contribution in [1.82, 2.24) is 0 Å². The van der Waals surface area contributed by atoms with Crippen LogP contribution in [0.2, 0.25) is 0 Å². The number of carbonyl (C=O) groups is 1. The van der Waals surface area contributed by atoms with Crippen molar-refractivity contribution in [3.63, 3.8) is 0 Å². The highest BCUT2D eigenvalue weighted by molar-refractivity contribution is 5.85. The number of methoxy groups -OCH3 is 1. The molecule has 0 aromatic heterocycles. The van der Waals surface area contributed by atoms with Crippen LogP contribution in [-0.4, -0.2) is 12.9 Å². The van der Waals surface area contributed by atoms with E-state index in [9.17, 15) is 4.79 Å². The maximum atomic E-state index is 11.6. The number of carbonyl (C=O) groups excluding carboxylic acids is 1. The van der Waals surface area contributed by atoms with Crippen molar-refractivity contribution in [3.05, 3.63) is 29.3 Å². The summed E-state index contributed by atoms with van der Waals surface area (Å²) >= 11 is 0. The average molecular weight is 206 g/mol. The molecule has 0 amide bonds. The van der Waals surface area contributed by atoms with Gasteiger partial charge in [0.15, 0.2) is 0 Å². The van der Waals surface area contributed by atoms with E-state index in [0.29, 0.717) is 6.42 Å². The first kappa shape index (κ1) is 11.8. The lowest BCUT2D eigenvalue weighted by Gasteiger charge is -2.14. The molecule has 82 valence electrons. The topological polar surface area (TPSA) is 26.3 Å². The number of benzene rings is 1. The average Bonchev–Trinajstić information content (AvgIpc) is 2.27. The Morgan fingerprint density at radius 1 is 1.47 bits per heavy atom. The predicted octanol–water partition coefficient (Wildman–Crippen LogP) is 3.09. The van der Waals surface area contributed by atoms with Crippen LogP contribution in [-0.2, 0) is 4.79 Å². The molecule has 2 nitrogen and oxygen atoms in total. The van der Waals surface area contributed by atoms with E-state index in [-0.39, 0.29) is 11.7 Å². The van der Waals surface area contributed by atoms with Crippen molar-refractivity contribution in [1.29, 1.82) is 0 Å². The van der Waals surface area contributed by atoms with Gasteiger partial charge in [0, 0.05) is 17.9 Å². The smallest absolute Gasteiger partial charge is 0.139 e. The minimum absolute atomic E-state index is 0.0788. The molecule has 0 fully saturated rings. The molecule has 1 aromatic carbocycles. The predicted molar refractivity (Wildman–Crippen MR) is 61.4 cm³/mol. The Morgan fingerprint density at radius 2 is 2.13 bits per heavy atom. The molecule has 2 heteroatoms. The van der Waals surface area contributed by atoms with Gasteiger partial charge in [-0.2, -0.15) is 0 Å². The molecular weight excluding hydrogens is 188 g/mol. The summed E-state index contributed by atoms with van der Waals surface area (Å²) in [5.41, 5.74) is 2.14. The molecule has 1 rings (SSSR count). The molecule has 1 atom stereocenters. The molecule has 0 heterocycles. The first-order valence-electron chi connectivity index (χ1n) is 5.27. The quantitative estimate of drug-likeness (QED) is 0.756. The van der Waals surface area contributed by atoms with Crippen LogP contribution < -0.4 is 4.74 Å². The van der Waals surface area contributed by atoms with E-state index in [1.165, 1.54) is 0 Å². The lowest BCUT2D eigenvalue weighted by Crippen LogP contribution is -2.09. The summed E-state index contributed by atoms with van der Waals surface area (Å²) in [6, 6.07) is 5.94. The summed E-state index contributed by atoms with van der Waals surface area (Å²) < 4.78 is 5.26. The molecule has 0 radical (unpaired) electrons. The number of hydrogen-bond donors (Lipinski definition) is 0. The largest absolute Gasteiger partial charge is 0.496 e. The van der Waals surface area contributed by atoms with Gasteiger partial charge in [-0.05, 0) is 13.0 Å². The van der Waals surface area contributed by atoms with Crippen molar-refractivity contribution >= 4 is 5.78 Å². The zero-order valence-corrected chi connectivity index (χ0v) is 9.83. The van der Waals surface area contributed by atoms with Crippen LogP contribution in [0.25, 0.3) is 0 Å². The molecule has 0 aliphatic heterocycles. The molecule has 0 N–H and O–H groups in total.